The van der Waals surface area contributed by atoms with Gasteiger partial charge in [0.2, 0.25) is 5.82 Å². The Kier molecular flexibility index (Phi) is 1.53. The molecule has 0 aliphatic carbocycles. The highest BCUT2D eigenvalue weighted by atomic mass is 16.3. The largest absolute Gasteiger partial charge is 0.271 e. The van der Waals surface area contributed by atoms with Gasteiger partial charge >= 0.3 is 0 Å². The van der Waals surface area contributed by atoms with E-state index in [1.54, 1.807) is 7.05 Å². The molecule has 10 heavy (non-hydrogen) atoms. The van der Waals surface area contributed by atoms with Crippen LogP contribution in [0.2, 0.25) is 0 Å². The first-order valence-electron chi connectivity index (χ1n) is 2.48. The van der Waals surface area contributed by atoms with Gasteiger partial charge in [0, 0.05) is 7.05 Å². The molecule has 0 aliphatic rings. The Morgan fingerprint density at radius 2 is 2.20 bits per heavy atom. The van der Waals surface area contributed by atoms with E-state index in [1.165, 1.54) is 10.9 Å². The van der Waals surface area contributed by atoms with Gasteiger partial charge < -0.3 is 0 Å². The van der Waals surface area contributed by atoms with Crippen LogP contribution in [-0.4, -0.2) is 9.78 Å². The van der Waals surface area contributed by atoms with Gasteiger partial charge in [-0.1, -0.05) is 0 Å². The Morgan fingerprint density at radius 3 is 2.60 bits per heavy atom. The Hall–Kier alpha value is -1.59. The Balaban J connectivity index is 3.20. The zero-order valence-electron chi connectivity index (χ0n) is 5.18. The molecule has 0 aromatic carbocycles. The van der Waals surface area contributed by atoms with Gasteiger partial charge in [-0.2, -0.15) is 0 Å². The van der Waals surface area contributed by atoms with Gasteiger partial charge in [-0.25, -0.2) is 0 Å². The van der Waals surface area contributed by atoms with Crippen molar-refractivity contribution in [2.24, 2.45) is 17.4 Å². The summed E-state index contributed by atoms with van der Waals surface area (Å²) in [6.45, 7) is 0. The predicted molar refractivity (Wildman–Crippen MR) is 34.1 cm³/mol. The van der Waals surface area contributed by atoms with E-state index in [-0.39, 0.29) is 11.5 Å². The first kappa shape index (κ1) is 6.53. The molecule has 0 aliphatic heterocycles. The van der Waals surface area contributed by atoms with Crippen molar-refractivity contribution in [3.63, 3.8) is 0 Å². The molecule has 6 heteroatoms. The maximum atomic E-state index is 9.90. The van der Waals surface area contributed by atoms with Crippen LogP contribution in [0.1, 0.15) is 0 Å². The van der Waals surface area contributed by atoms with E-state index >= 15 is 0 Å². The second-order valence-corrected chi connectivity index (χ2v) is 1.69. The maximum absolute atomic E-state index is 9.90. The summed E-state index contributed by atoms with van der Waals surface area (Å²) in [4.78, 5) is 19.8. The summed E-state index contributed by atoms with van der Waals surface area (Å²) in [6.07, 6.45) is 1.32. The minimum absolute atomic E-state index is 0.0301. The van der Waals surface area contributed by atoms with Gasteiger partial charge in [0.25, 0.3) is 0 Å². The fraction of sp³-hybridized carbons (Fsp3) is 0.250. The van der Waals surface area contributed by atoms with Crippen LogP contribution in [0.4, 0.5) is 11.5 Å². The van der Waals surface area contributed by atoms with Crippen LogP contribution in [0.15, 0.2) is 16.6 Å². The second-order valence-electron chi connectivity index (χ2n) is 1.69. The highest BCUT2D eigenvalue weighted by molar-refractivity contribution is 5.54. The molecule has 52 valence electrons. The molecule has 0 unspecified atom stereocenters. The number of rotatable bonds is 2. The van der Waals surface area contributed by atoms with Crippen LogP contribution in [0.25, 0.3) is 0 Å². The Labute approximate surface area is 55.8 Å². The van der Waals surface area contributed by atoms with E-state index in [2.05, 4.69) is 15.5 Å². The van der Waals surface area contributed by atoms with Crippen molar-refractivity contribution in [2.75, 3.05) is 0 Å². The van der Waals surface area contributed by atoms with E-state index in [0.717, 1.165) is 0 Å². The maximum Gasteiger partial charge on any atom is 0.246 e. The minimum atomic E-state index is -0.169. The third-order valence-corrected chi connectivity index (χ3v) is 0.975. The van der Waals surface area contributed by atoms with Crippen LogP contribution < -0.4 is 0 Å². The quantitative estimate of drug-likeness (QED) is 0.579. The monoisotopic (exact) mass is 140 g/mol. The number of aromatic nitrogens is 2. The molecule has 0 radical (unpaired) electrons. The van der Waals surface area contributed by atoms with Gasteiger partial charge in [0.15, 0.2) is 5.69 Å². The highest BCUT2D eigenvalue weighted by Crippen LogP contribution is 2.23. The predicted octanol–water partition coefficient (Wildman–Crippen LogP) is 1.22. The van der Waals surface area contributed by atoms with E-state index < -0.39 is 0 Å². The molecule has 1 rings (SSSR count). The zero-order chi connectivity index (χ0) is 7.56. The average Bonchev–Trinajstić information content (AvgIpc) is 2.30. The smallest absolute Gasteiger partial charge is 0.246 e. The van der Waals surface area contributed by atoms with E-state index in [1.807, 2.05) is 0 Å². The van der Waals surface area contributed by atoms with E-state index in [9.17, 15) is 9.81 Å². The molecule has 0 atom stereocenters. The van der Waals surface area contributed by atoms with Crippen molar-refractivity contribution in [1.82, 2.24) is 9.78 Å². The van der Waals surface area contributed by atoms with Crippen LogP contribution in [-0.2, 0) is 7.05 Å². The Bertz CT molecular complexity index is 241. The topological polar surface area (TPSA) is 76.7 Å². The summed E-state index contributed by atoms with van der Waals surface area (Å²) in [5.41, 5.74) is -0.0301. The van der Waals surface area contributed by atoms with Crippen LogP contribution in [0.3, 0.4) is 0 Å². The first-order chi connectivity index (χ1) is 4.77. The second kappa shape index (κ2) is 2.34. The minimum Gasteiger partial charge on any atom is -0.271 e. The molecule has 0 N–H and O–H groups in total. The summed E-state index contributed by atoms with van der Waals surface area (Å²) >= 11 is 0. The fourth-order valence-electron chi connectivity index (χ4n) is 0.594. The molecule has 1 heterocycles. The molecule has 1 aromatic heterocycles. The lowest BCUT2D eigenvalue weighted by molar-refractivity contribution is 0.768. The lowest BCUT2D eigenvalue weighted by atomic mass is 10.5. The lowest BCUT2D eigenvalue weighted by Crippen LogP contribution is -1.84. The molecule has 0 saturated carbocycles. The first-order valence-corrected chi connectivity index (χ1v) is 2.48. The third kappa shape index (κ3) is 0.903. The van der Waals surface area contributed by atoms with Gasteiger partial charge in [0.1, 0.15) is 0 Å². The standard InChI is InChI=1S/C4H4N4O2/c1-8-2-3(6-9)4(5-8)7-10/h2H,1H3. The van der Waals surface area contributed by atoms with Crippen molar-refractivity contribution in [3.05, 3.63) is 16.0 Å². The van der Waals surface area contributed by atoms with Crippen molar-refractivity contribution < 1.29 is 0 Å². The van der Waals surface area contributed by atoms with Gasteiger partial charge in [0.05, 0.1) is 6.20 Å². The molecule has 0 bridgehead atoms. The third-order valence-electron chi connectivity index (χ3n) is 0.975. The highest BCUT2D eigenvalue weighted by Gasteiger charge is 2.06. The average molecular weight is 140 g/mol. The number of hydrogen-bond acceptors (Lipinski definition) is 5. The van der Waals surface area contributed by atoms with Gasteiger partial charge in [-0.05, 0) is 10.4 Å². The van der Waals surface area contributed by atoms with E-state index in [0.29, 0.717) is 0 Å². The van der Waals surface area contributed by atoms with Crippen LogP contribution >= 0.6 is 0 Å². The molecule has 6 nitrogen and oxygen atoms in total. The van der Waals surface area contributed by atoms with E-state index in [4.69, 9.17) is 0 Å². The molecule has 0 spiro atoms. The van der Waals surface area contributed by atoms with Crippen molar-refractivity contribution >= 4 is 11.5 Å². The molecule has 1 aromatic rings. The lowest BCUT2D eigenvalue weighted by Gasteiger charge is -1.78. The summed E-state index contributed by atoms with van der Waals surface area (Å²) in [5, 5.41) is 8.57. The number of aryl methyl sites for hydroxylation is 1. The summed E-state index contributed by atoms with van der Waals surface area (Å²) in [7, 11) is 1.57. The van der Waals surface area contributed by atoms with Crippen molar-refractivity contribution in [1.29, 1.82) is 0 Å². The summed E-state index contributed by atoms with van der Waals surface area (Å²) in [5.74, 6) is -0.169. The van der Waals surface area contributed by atoms with Gasteiger partial charge in [-0.3, -0.25) is 4.68 Å². The summed E-state index contributed by atoms with van der Waals surface area (Å²) in [6, 6.07) is 0. The number of nitroso groups, excluding NO2 is 2. The molecule has 0 amide bonds. The molecule has 0 saturated heterocycles. The van der Waals surface area contributed by atoms with Crippen molar-refractivity contribution in [2.45, 2.75) is 0 Å². The normalized spacial score (nSPS) is 9.30. The Morgan fingerprint density at radius 1 is 1.50 bits per heavy atom. The molecular formula is C4H4N4O2. The fourth-order valence-corrected chi connectivity index (χ4v) is 0.594. The number of nitrogens with zero attached hydrogens (tertiary/aromatic N) is 4. The van der Waals surface area contributed by atoms with Crippen LogP contribution in [0, 0.1) is 9.81 Å². The molecular weight excluding hydrogens is 136 g/mol. The molecule has 0 fully saturated rings. The zero-order valence-corrected chi connectivity index (χ0v) is 5.18. The SMILES string of the molecule is Cn1cc(N=O)c(N=O)n1. The van der Waals surface area contributed by atoms with Crippen molar-refractivity contribution in [3.8, 4) is 0 Å². The van der Waals surface area contributed by atoms with Gasteiger partial charge in [-0.15, -0.1) is 14.9 Å². The summed E-state index contributed by atoms with van der Waals surface area (Å²) < 4.78 is 1.30. The number of hydrogen-bond donors (Lipinski definition) is 0. The van der Waals surface area contributed by atoms with Crippen LogP contribution in [0.5, 0.6) is 0 Å².